The Morgan fingerprint density at radius 1 is 0.957 bits per heavy atom. The zero-order chi connectivity index (χ0) is 16.9. The van der Waals surface area contributed by atoms with Crippen molar-refractivity contribution in [2.45, 2.75) is 64.7 Å². The second-order valence-electron chi connectivity index (χ2n) is 6.10. The topological polar surface area (TPSA) is 66.4 Å². The predicted octanol–water partition coefficient (Wildman–Crippen LogP) is 4.32. The number of carboxylic acids is 1. The minimum Gasteiger partial charge on any atom is -0.481 e. The van der Waals surface area contributed by atoms with Crippen LogP contribution in [-0.4, -0.2) is 23.5 Å². The molecule has 0 spiro atoms. The van der Waals surface area contributed by atoms with Crippen molar-refractivity contribution >= 4 is 11.9 Å². The molecule has 0 bridgehead atoms. The molecule has 128 valence electrons. The average molecular weight is 319 g/mol. The van der Waals surface area contributed by atoms with Crippen molar-refractivity contribution < 1.29 is 14.7 Å². The Labute approximate surface area is 139 Å². The Bertz CT molecular complexity index is 485. The summed E-state index contributed by atoms with van der Waals surface area (Å²) in [6.07, 6.45) is 8.91. The average Bonchev–Trinajstić information content (AvgIpc) is 2.52. The first kappa shape index (κ1) is 19.2. The Kier molecular flexibility index (Phi) is 9.76. The van der Waals surface area contributed by atoms with E-state index in [9.17, 15) is 9.59 Å². The van der Waals surface area contributed by atoms with Crippen molar-refractivity contribution in [1.29, 1.82) is 0 Å². The van der Waals surface area contributed by atoms with Crippen LogP contribution in [0.2, 0.25) is 0 Å². The van der Waals surface area contributed by atoms with Crippen LogP contribution in [0.4, 0.5) is 0 Å². The molecule has 0 fully saturated rings. The number of aryl methyl sites for hydroxylation is 1. The number of aliphatic carboxylic acids is 1. The summed E-state index contributed by atoms with van der Waals surface area (Å²) in [5.74, 6) is -0.690. The van der Waals surface area contributed by atoms with Crippen LogP contribution in [-0.2, 0) is 4.79 Å². The molecule has 4 heteroatoms. The molecule has 0 aliphatic heterocycles. The maximum Gasteiger partial charge on any atom is 0.303 e. The SMILES string of the molecule is Cc1cccc(C(=O)NCCCCCCCCCCC(=O)O)c1. The van der Waals surface area contributed by atoms with Gasteiger partial charge in [0, 0.05) is 18.5 Å². The van der Waals surface area contributed by atoms with Gasteiger partial charge in [0.25, 0.3) is 5.91 Å². The monoisotopic (exact) mass is 319 g/mol. The van der Waals surface area contributed by atoms with Crippen molar-refractivity contribution in [1.82, 2.24) is 5.32 Å². The van der Waals surface area contributed by atoms with Crippen LogP contribution in [0.15, 0.2) is 24.3 Å². The van der Waals surface area contributed by atoms with E-state index in [-0.39, 0.29) is 5.91 Å². The van der Waals surface area contributed by atoms with Crippen LogP contribution >= 0.6 is 0 Å². The number of carboxylic acid groups (broad SMARTS) is 1. The van der Waals surface area contributed by atoms with Gasteiger partial charge in [-0.3, -0.25) is 9.59 Å². The molecular formula is C19H29NO3. The summed E-state index contributed by atoms with van der Waals surface area (Å²) in [6, 6.07) is 7.63. The fourth-order valence-electron chi connectivity index (χ4n) is 2.55. The molecule has 0 atom stereocenters. The molecule has 0 aliphatic rings. The Morgan fingerprint density at radius 2 is 1.57 bits per heavy atom. The lowest BCUT2D eigenvalue weighted by molar-refractivity contribution is -0.137. The Morgan fingerprint density at radius 3 is 2.17 bits per heavy atom. The maximum absolute atomic E-state index is 11.9. The van der Waals surface area contributed by atoms with Gasteiger partial charge in [0.1, 0.15) is 0 Å². The first-order chi connectivity index (χ1) is 11.1. The van der Waals surface area contributed by atoms with Crippen LogP contribution in [0.25, 0.3) is 0 Å². The fourth-order valence-corrected chi connectivity index (χ4v) is 2.55. The summed E-state index contributed by atoms with van der Waals surface area (Å²) >= 11 is 0. The summed E-state index contributed by atoms with van der Waals surface area (Å²) in [4.78, 5) is 22.3. The highest BCUT2D eigenvalue weighted by Gasteiger charge is 2.04. The lowest BCUT2D eigenvalue weighted by Crippen LogP contribution is -2.24. The van der Waals surface area contributed by atoms with Gasteiger partial charge in [-0.1, -0.05) is 56.2 Å². The zero-order valence-electron chi connectivity index (χ0n) is 14.1. The summed E-state index contributed by atoms with van der Waals surface area (Å²) in [7, 11) is 0. The van der Waals surface area contributed by atoms with Crippen molar-refractivity contribution in [3.8, 4) is 0 Å². The lowest BCUT2D eigenvalue weighted by Gasteiger charge is -2.06. The van der Waals surface area contributed by atoms with Gasteiger partial charge < -0.3 is 10.4 Å². The molecule has 1 amide bonds. The molecule has 0 saturated heterocycles. The van der Waals surface area contributed by atoms with Crippen molar-refractivity contribution in [2.24, 2.45) is 0 Å². The molecule has 0 aliphatic carbocycles. The van der Waals surface area contributed by atoms with E-state index < -0.39 is 5.97 Å². The molecule has 4 nitrogen and oxygen atoms in total. The molecule has 0 heterocycles. The predicted molar refractivity (Wildman–Crippen MR) is 92.7 cm³/mol. The number of carbonyl (C=O) groups is 2. The molecule has 1 aromatic rings. The largest absolute Gasteiger partial charge is 0.481 e. The summed E-state index contributed by atoms with van der Waals surface area (Å²) < 4.78 is 0. The van der Waals surface area contributed by atoms with Crippen molar-refractivity contribution in [3.63, 3.8) is 0 Å². The number of rotatable bonds is 12. The van der Waals surface area contributed by atoms with Crippen molar-refractivity contribution in [3.05, 3.63) is 35.4 Å². The molecular weight excluding hydrogens is 290 g/mol. The zero-order valence-corrected chi connectivity index (χ0v) is 14.1. The minimum absolute atomic E-state index is 0.00660. The van der Waals surface area contributed by atoms with Gasteiger partial charge >= 0.3 is 5.97 Å². The van der Waals surface area contributed by atoms with Crippen LogP contribution in [0.1, 0.15) is 73.7 Å². The normalized spacial score (nSPS) is 10.5. The Balaban J connectivity index is 1.93. The third-order valence-corrected chi connectivity index (χ3v) is 3.88. The minimum atomic E-state index is -0.697. The van der Waals surface area contributed by atoms with Crippen LogP contribution < -0.4 is 5.32 Å². The van der Waals surface area contributed by atoms with Gasteiger partial charge in [-0.05, 0) is 31.9 Å². The second kappa shape index (κ2) is 11.7. The quantitative estimate of drug-likeness (QED) is 0.564. The number of hydrogen-bond acceptors (Lipinski definition) is 2. The smallest absolute Gasteiger partial charge is 0.303 e. The number of hydrogen-bond donors (Lipinski definition) is 2. The number of nitrogens with one attached hydrogen (secondary N) is 1. The second-order valence-corrected chi connectivity index (χ2v) is 6.10. The molecule has 0 radical (unpaired) electrons. The summed E-state index contributed by atoms with van der Waals surface area (Å²) in [6.45, 7) is 2.71. The van der Waals surface area contributed by atoms with Crippen molar-refractivity contribution in [2.75, 3.05) is 6.54 Å². The highest BCUT2D eigenvalue weighted by Crippen LogP contribution is 2.09. The highest BCUT2D eigenvalue weighted by atomic mass is 16.4. The molecule has 0 unspecified atom stereocenters. The maximum atomic E-state index is 11.9. The van der Waals surface area contributed by atoms with Gasteiger partial charge in [-0.25, -0.2) is 0 Å². The van der Waals surface area contributed by atoms with E-state index >= 15 is 0 Å². The van der Waals surface area contributed by atoms with Gasteiger partial charge in [0.05, 0.1) is 0 Å². The fraction of sp³-hybridized carbons (Fsp3) is 0.579. The number of benzene rings is 1. The van der Waals surface area contributed by atoms with Gasteiger partial charge in [0.15, 0.2) is 0 Å². The van der Waals surface area contributed by atoms with Gasteiger partial charge in [-0.2, -0.15) is 0 Å². The number of amides is 1. The van der Waals surface area contributed by atoms with E-state index in [0.717, 1.165) is 49.8 Å². The summed E-state index contributed by atoms with van der Waals surface area (Å²) in [5.41, 5.74) is 1.83. The molecule has 23 heavy (non-hydrogen) atoms. The molecule has 2 N–H and O–H groups in total. The molecule has 0 aromatic heterocycles. The van der Waals surface area contributed by atoms with E-state index in [2.05, 4.69) is 5.32 Å². The lowest BCUT2D eigenvalue weighted by atomic mass is 10.1. The van der Waals surface area contributed by atoms with E-state index in [0.29, 0.717) is 6.42 Å². The first-order valence-electron chi connectivity index (χ1n) is 8.66. The van der Waals surface area contributed by atoms with E-state index in [1.54, 1.807) is 0 Å². The third kappa shape index (κ3) is 9.72. The van der Waals surface area contributed by atoms with Crippen LogP contribution in [0, 0.1) is 6.92 Å². The number of unbranched alkanes of at least 4 members (excludes halogenated alkanes) is 7. The molecule has 1 aromatic carbocycles. The third-order valence-electron chi connectivity index (χ3n) is 3.88. The first-order valence-corrected chi connectivity index (χ1v) is 8.66. The highest BCUT2D eigenvalue weighted by molar-refractivity contribution is 5.94. The van der Waals surface area contributed by atoms with Gasteiger partial charge in [0.2, 0.25) is 0 Å². The Hall–Kier alpha value is -1.84. The van der Waals surface area contributed by atoms with Crippen LogP contribution in [0.5, 0.6) is 0 Å². The van der Waals surface area contributed by atoms with Gasteiger partial charge in [-0.15, -0.1) is 0 Å². The summed E-state index contributed by atoms with van der Waals surface area (Å²) in [5, 5.41) is 11.5. The van der Waals surface area contributed by atoms with E-state index in [1.165, 1.54) is 19.3 Å². The standard InChI is InChI=1S/C19H29NO3/c1-16-11-10-12-17(15-16)19(23)20-14-9-7-5-3-2-4-6-8-13-18(21)22/h10-12,15H,2-9,13-14H2,1H3,(H,20,23)(H,21,22). The molecule has 0 saturated carbocycles. The van der Waals surface area contributed by atoms with E-state index in [1.807, 2.05) is 31.2 Å². The number of carbonyl (C=O) groups excluding carboxylic acids is 1. The molecule has 1 rings (SSSR count). The van der Waals surface area contributed by atoms with E-state index in [4.69, 9.17) is 5.11 Å². The van der Waals surface area contributed by atoms with Crippen LogP contribution in [0.3, 0.4) is 0 Å².